The lowest BCUT2D eigenvalue weighted by molar-refractivity contribution is -0.384. The Balaban J connectivity index is 2.93. The number of rotatable bonds is 7. The standard InChI is InChI=1S/C15H21ClN4O4/c1-8(2)13(15(22)18-9(3)7-17)19-14(21)11-5-4-10(20(23)24)6-12(11)16/h4-6,8-9,13H,7,17H2,1-3H3,(H,18,22)(H,19,21)/t9-,13?/m0/s1. The van der Waals surface area contributed by atoms with Crippen LogP contribution in [0.3, 0.4) is 0 Å². The van der Waals surface area contributed by atoms with Gasteiger partial charge in [-0.15, -0.1) is 0 Å². The molecule has 0 saturated heterocycles. The first-order valence-corrected chi connectivity index (χ1v) is 7.80. The maximum atomic E-state index is 12.4. The Kier molecular flexibility index (Phi) is 7.12. The van der Waals surface area contributed by atoms with Crippen LogP contribution in [0.15, 0.2) is 18.2 Å². The van der Waals surface area contributed by atoms with Gasteiger partial charge in [0.1, 0.15) is 6.04 Å². The number of non-ortho nitro benzene ring substituents is 1. The Bertz CT molecular complexity index is 636. The molecular weight excluding hydrogens is 336 g/mol. The third-order valence-electron chi connectivity index (χ3n) is 3.39. The Hall–Kier alpha value is -2.19. The van der Waals surface area contributed by atoms with E-state index in [-0.39, 0.29) is 40.7 Å². The Morgan fingerprint density at radius 3 is 2.38 bits per heavy atom. The van der Waals surface area contributed by atoms with E-state index >= 15 is 0 Å². The minimum Gasteiger partial charge on any atom is -0.351 e. The van der Waals surface area contributed by atoms with Gasteiger partial charge in [0.05, 0.1) is 15.5 Å². The number of halogens is 1. The fourth-order valence-corrected chi connectivity index (χ4v) is 2.21. The number of benzene rings is 1. The van der Waals surface area contributed by atoms with Crippen molar-refractivity contribution in [3.63, 3.8) is 0 Å². The van der Waals surface area contributed by atoms with Crippen LogP contribution < -0.4 is 16.4 Å². The van der Waals surface area contributed by atoms with Crippen molar-refractivity contribution in [2.45, 2.75) is 32.9 Å². The molecule has 0 saturated carbocycles. The van der Waals surface area contributed by atoms with Gasteiger partial charge in [-0.25, -0.2) is 0 Å². The molecule has 1 unspecified atom stereocenters. The molecule has 0 aliphatic carbocycles. The molecule has 0 bridgehead atoms. The van der Waals surface area contributed by atoms with E-state index < -0.39 is 16.9 Å². The van der Waals surface area contributed by atoms with Crippen LogP contribution in [0.5, 0.6) is 0 Å². The number of nitro groups is 1. The van der Waals surface area contributed by atoms with Crippen LogP contribution in [0.2, 0.25) is 5.02 Å². The molecule has 0 fully saturated rings. The fraction of sp³-hybridized carbons (Fsp3) is 0.467. The van der Waals surface area contributed by atoms with Crippen LogP contribution in [0.1, 0.15) is 31.1 Å². The van der Waals surface area contributed by atoms with Crippen molar-refractivity contribution in [2.75, 3.05) is 6.54 Å². The predicted molar refractivity (Wildman–Crippen MR) is 90.9 cm³/mol. The van der Waals surface area contributed by atoms with Gasteiger partial charge in [0.25, 0.3) is 11.6 Å². The zero-order chi connectivity index (χ0) is 18.4. The molecule has 0 aromatic heterocycles. The lowest BCUT2D eigenvalue weighted by Crippen LogP contribution is -2.52. The van der Waals surface area contributed by atoms with Gasteiger partial charge in [-0.3, -0.25) is 19.7 Å². The van der Waals surface area contributed by atoms with Crippen molar-refractivity contribution in [2.24, 2.45) is 11.7 Å². The largest absolute Gasteiger partial charge is 0.351 e. The second-order valence-corrected chi connectivity index (χ2v) is 6.17. The molecule has 8 nitrogen and oxygen atoms in total. The Labute approximate surface area is 144 Å². The number of hydrogen-bond donors (Lipinski definition) is 3. The molecule has 0 aliphatic heterocycles. The third kappa shape index (κ3) is 5.17. The van der Waals surface area contributed by atoms with Crippen LogP contribution in [0, 0.1) is 16.0 Å². The third-order valence-corrected chi connectivity index (χ3v) is 3.70. The first-order chi connectivity index (χ1) is 11.2. The highest BCUT2D eigenvalue weighted by atomic mass is 35.5. The van der Waals surface area contributed by atoms with Gasteiger partial charge in [-0.05, 0) is 18.9 Å². The maximum absolute atomic E-state index is 12.4. The molecule has 1 aromatic rings. The lowest BCUT2D eigenvalue weighted by atomic mass is 10.0. The van der Waals surface area contributed by atoms with Gasteiger partial charge in [0, 0.05) is 24.7 Å². The van der Waals surface area contributed by atoms with Crippen LogP contribution in [-0.4, -0.2) is 35.4 Å². The van der Waals surface area contributed by atoms with E-state index in [1.807, 2.05) is 0 Å². The smallest absolute Gasteiger partial charge is 0.270 e. The van der Waals surface area contributed by atoms with Crippen LogP contribution in [0.4, 0.5) is 5.69 Å². The topological polar surface area (TPSA) is 127 Å². The summed E-state index contributed by atoms with van der Waals surface area (Å²) in [5.41, 5.74) is 5.32. The highest BCUT2D eigenvalue weighted by Gasteiger charge is 2.26. The summed E-state index contributed by atoms with van der Waals surface area (Å²) in [5.74, 6) is -1.10. The van der Waals surface area contributed by atoms with Crippen molar-refractivity contribution in [3.8, 4) is 0 Å². The monoisotopic (exact) mass is 356 g/mol. The number of nitrogens with zero attached hydrogens (tertiary/aromatic N) is 1. The summed E-state index contributed by atoms with van der Waals surface area (Å²) in [6, 6.07) is 2.53. The van der Waals surface area contributed by atoms with Crippen LogP contribution in [0.25, 0.3) is 0 Å². The zero-order valence-electron chi connectivity index (χ0n) is 13.7. The number of carbonyl (C=O) groups is 2. The molecule has 0 spiro atoms. The first-order valence-electron chi connectivity index (χ1n) is 7.42. The summed E-state index contributed by atoms with van der Waals surface area (Å²) in [6.07, 6.45) is 0. The number of amides is 2. The highest BCUT2D eigenvalue weighted by Crippen LogP contribution is 2.22. The molecule has 9 heteroatoms. The van der Waals surface area contributed by atoms with E-state index in [0.717, 1.165) is 6.07 Å². The molecule has 132 valence electrons. The van der Waals surface area contributed by atoms with Crippen molar-refractivity contribution >= 4 is 29.1 Å². The minimum absolute atomic E-state index is 0.0556. The van der Waals surface area contributed by atoms with Gasteiger partial charge in [-0.2, -0.15) is 0 Å². The van der Waals surface area contributed by atoms with Gasteiger partial charge in [0.2, 0.25) is 5.91 Å². The Morgan fingerprint density at radius 2 is 1.92 bits per heavy atom. The Morgan fingerprint density at radius 1 is 1.29 bits per heavy atom. The average Bonchev–Trinajstić information content (AvgIpc) is 2.51. The summed E-state index contributed by atoms with van der Waals surface area (Å²) < 4.78 is 0. The van der Waals surface area contributed by atoms with Gasteiger partial charge < -0.3 is 16.4 Å². The van der Waals surface area contributed by atoms with E-state index in [4.69, 9.17) is 17.3 Å². The van der Waals surface area contributed by atoms with E-state index in [2.05, 4.69) is 10.6 Å². The average molecular weight is 357 g/mol. The number of nitrogens with one attached hydrogen (secondary N) is 2. The molecule has 0 aliphatic rings. The van der Waals surface area contributed by atoms with E-state index in [1.54, 1.807) is 20.8 Å². The number of carbonyl (C=O) groups excluding carboxylic acids is 2. The van der Waals surface area contributed by atoms with Gasteiger partial charge >= 0.3 is 0 Å². The molecule has 0 heterocycles. The number of nitrogens with two attached hydrogens (primary N) is 1. The summed E-state index contributed by atoms with van der Waals surface area (Å²) >= 11 is 5.94. The molecule has 2 amide bonds. The summed E-state index contributed by atoms with van der Waals surface area (Å²) in [7, 11) is 0. The predicted octanol–water partition coefficient (Wildman–Crippen LogP) is 1.47. The van der Waals surface area contributed by atoms with Gasteiger partial charge in [-0.1, -0.05) is 25.4 Å². The maximum Gasteiger partial charge on any atom is 0.270 e. The van der Waals surface area contributed by atoms with Crippen molar-refractivity contribution < 1.29 is 14.5 Å². The summed E-state index contributed by atoms with van der Waals surface area (Å²) in [5, 5.41) is 16.0. The van der Waals surface area contributed by atoms with Crippen molar-refractivity contribution in [1.29, 1.82) is 0 Å². The zero-order valence-corrected chi connectivity index (χ0v) is 14.5. The number of nitro benzene ring substituents is 1. The second-order valence-electron chi connectivity index (χ2n) is 5.76. The fourth-order valence-electron chi connectivity index (χ4n) is 1.95. The molecule has 1 rings (SSSR count). The first kappa shape index (κ1) is 19.9. The number of hydrogen-bond acceptors (Lipinski definition) is 5. The van der Waals surface area contributed by atoms with E-state index in [9.17, 15) is 19.7 Å². The molecule has 4 N–H and O–H groups in total. The summed E-state index contributed by atoms with van der Waals surface area (Å²) in [6.45, 7) is 5.60. The van der Waals surface area contributed by atoms with Crippen LogP contribution >= 0.6 is 11.6 Å². The quantitative estimate of drug-likeness (QED) is 0.503. The van der Waals surface area contributed by atoms with Crippen molar-refractivity contribution in [1.82, 2.24) is 10.6 Å². The molecule has 1 aromatic carbocycles. The van der Waals surface area contributed by atoms with E-state index in [0.29, 0.717) is 0 Å². The lowest BCUT2D eigenvalue weighted by Gasteiger charge is -2.23. The normalized spacial score (nSPS) is 13.2. The molecular formula is C15H21ClN4O4. The van der Waals surface area contributed by atoms with E-state index in [1.165, 1.54) is 12.1 Å². The van der Waals surface area contributed by atoms with Gasteiger partial charge in [0.15, 0.2) is 0 Å². The van der Waals surface area contributed by atoms with Crippen molar-refractivity contribution in [3.05, 3.63) is 38.9 Å². The highest BCUT2D eigenvalue weighted by molar-refractivity contribution is 6.34. The SMILES string of the molecule is CC(C)C(NC(=O)c1ccc([N+](=O)[O-])cc1Cl)C(=O)N[C@@H](C)CN. The molecule has 0 radical (unpaired) electrons. The van der Waals surface area contributed by atoms with Crippen LogP contribution in [-0.2, 0) is 4.79 Å². The second kappa shape index (κ2) is 8.60. The molecule has 2 atom stereocenters. The molecule has 24 heavy (non-hydrogen) atoms. The summed E-state index contributed by atoms with van der Waals surface area (Å²) in [4.78, 5) is 34.7. The minimum atomic E-state index is -0.780.